The first-order chi connectivity index (χ1) is 8.04. The van der Waals surface area contributed by atoms with Crippen molar-refractivity contribution in [3.05, 3.63) is 16.2 Å². The highest BCUT2D eigenvalue weighted by molar-refractivity contribution is 9.10. The molecule has 7 heteroatoms. The molecule has 1 aromatic heterocycles. The van der Waals surface area contributed by atoms with E-state index in [2.05, 4.69) is 26.1 Å². The summed E-state index contributed by atoms with van der Waals surface area (Å²) in [6, 6.07) is 1.68. The highest BCUT2D eigenvalue weighted by Gasteiger charge is 2.32. The first-order valence-electron chi connectivity index (χ1n) is 5.33. The van der Waals surface area contributed by atoms with Gasteiger partial charge in [-0.2, -0.15) is 5.10 Å². The van der Waals surface area contributed by atoms with Gasteiger partial charge < -0.3 is 4.74 Å². The lowest BCUT2D eigenvalue weighted by atomic mass is 10.1. The van der Waals surface area contributed by atoms with E-state index in [-0.39, 0.29) is 5.75 Å². The van der Waals surface area contributed by atoms with E-state index < -0.39 is 15.1 Å². The summed E-state index contributed by atoms with van der Waals surface area (Å²) >= 11 is 3.29. The van der Waals surface area contributed by atoms with Crippen molar-refractivity contribution >= 4 is 25.8 Å². The third-order valence-corrected chi connectivity index (χ3v) is 5.61. The van der Waals surface area contributed by atoms with Gasteiger partial charge in [0, 0.05) is 0 Å². The summed E-state index contributed by atoms with van der Waals surface area (Å²) in [5, 5.41) is 7.28. The van der Waals surface area contributed by atoms with Gasteiger partial charge in [-0.15, -0.1) is 5.10 Å². The summed E-state index contributed by atoms with van der Waals surface area (Å²) in [7, 11) is -1.59. The average Bonchev–Trinajstić information content (AvgIpc) is 2.28. The fourth-order valence-corrected chi connectivity index (χ4v) is 4.33. The maximum absolute atomic E-state index is 11.9. The van der Waals surface area contributed by atoms with Crippen LogP contribution >= 0.6 is 15.9 Å². The quantitative estimate of drug-likeness (QED) is 0.832. The van der Waals surface area contributed by atoms with E-state index in [0.717, 1.165) is 12.8 Å². The zero-order valence-corrected chi connectivity index (χ0v) is 11.8. The van der Waals surface area contributed by atoms with Gasteiger partial charge in [0.15, 0.2) is 9.84 Å². The molecule has 0 radical (unpaired) electrons. The highest BCUT2D eigenvalue weighted by Crippen LogP contribution is 2.34. The number of halogens is 1. The van der Waals surface area contributed by atoms with Crippen molar-refractivity contribution in [2.75, 3.05) is 12.9 Å². The van der Waals surface area contributed by atoms with Crippen molar-refractivity contribution in [3.8, 4) is 5.88 Å². The summed E-state index contributed by atoms with van der Waals surface area (Å²) < 4.78 is 29.5. The topological polar surface area (TPSA) is 69.2 Å². The number of sulfone groups is 1. The molecular weight excluding hydrogens is 308 g/mol. The number of ether oxygens (including phenoxy) is 1. The van der Waals surface area contributed by atoms with Crippen molar-refractivity contribution in [2.24, 2.45) is 0 Å². The summed E-state index contributed by atoms with van der Waals surface area (Å²) in [5.74, 6) is 0.602. The van der Waals surface area contributed by atoms with Crippen LogP contribution in [0.15, 0.2) is 10.5 Å². The molecule has 0 amide bonds. The van der Waals surface area contributed by atoms with E-state index in [4.69, 9.17) is 4.74 Å². The average molecular weight is 321 g/mol. The van der Waals surface area contributed by atoms with Gasteiger partial charge in [0.1, 0.15) is 5.25 Å². The van der Waals surface area contributed by atoms with Gasteiger partial charge in [0.2, 0.25) is 5.88 Å². The van der Waals surface area contributed by atoms with Crippen LogP contribution in [0.1, 0.15) is 30.2 Å². The van der Waals surface area contributed by atoms with Crippen molar-refractivity contribution in [1.29, 1.82) is 0 Å². The van der Waals surface area contributed by atoms with Gasteiger partial charge in [-0.25, -0.2) is 8.42 Å². The van der Waals surface area contributed by atoms with E-state index in [1.807, 2.05) is 0 Å². The molecule has 17 heavy (non-hydrogen) atoms. The van der Waals surface area contributed by atoms with Gasteiger partial charge in [-0.3, -0.25) is 0 Å². The van der Waals surface area contributed by atoms with E-state index in [1.54, 1.807) is 6.07 Å². The maximum atomic E-state index is 11.9. The molecule has 2 rings (SSSR count). The number of aromatic nitrogens is 2. The van der Waals surface area contributed by atoms with Crippen LogP contribution in [-0.4, -0.2) is 31.5 Å². The third kappa shape index (κ3) is 2.60. The van der Waals surface area contributed by atoms with Crippen molar-refractivity contribution in [3.63, 3.8) is 0 Å². The fourth-order valence-electron chi connectivity index (χ4n) is 1.95. The molecule has 94 valence electrons. The molecule has 2 heterocycles. The van der Waals surface area contributed by atoms with Crippen LogP contribution in [0.5, 0.6) is 5.88 Å². The molecule has 0 bridgehead atoms. The van der Waals surface area contributed by atoms with Crippen molar-refractivity contribution in [2.45, 2.75) is 24.5 Å². The number of methoxy groups -OCH3 is 1. The summed E-state index contributed by atoms with van der Waals surface area (Å²) in [6.07, 6.45) is 2.27. The van der Waals surface area contributed by atoms with E-state index in [0.29, 0.717) is 22.5 Å². The predicted molar refractivity (Wildman–Crippen MR) is 66.7 cm³/mol. The second kappa shape index (κ2) is 4.89. The van der Waals surface area contributed by atoms with Gasteiger partial charge >= 0.3 is 0 Å². The Morgan fingerprint density at radius 3 is 2.76 bits per heavy atom. The smallest absolute Gasteiger partial charge is 0.247 e. The van der Waals surface area contributed by atoms with E-state index in [1.165, 1.54) is 7.11 Å². The summed E-state index contributed by atoms with van der Waals surface area (Å²) in [4.78, 5) is 0. The third-order valence-electron chi connectivity index (χ3n) is 2.84. The molecule has 0 aromatic carbocycles. The molecule has 0 N–H and O–H groups in total. The van der Waals surface area contributed by atoms with E-state index >= 15 is 0 Å². The molecule has 1 fully saturated rings. The Labute approximate surface area is 109 Å². The molecule has 1 aliphatic heterocycles. The zero-order chi connectivity index (χ0) is 12.5. The van der Waals surface area contributed by atoms with Crippen LogP contribution in [0.25, 0.3) is 0 Å². The summed E-state index contributed by atoms with van der Waals surface area (Å²) in [5.41, 5.74) is 0.498. The van der Waals surface area contributed by atoms with Gasteiger partial charge in [-0.1, -0.05) is 6.42 Å². The molecular formula is C10H13BrN2O3S. The van der Waals surface area contributed by atoms with Crippen LogP contribution in [0.4, 0.5) is 0 Å². The molecule has 1 aromatic rings. The molecule has 1 saturated heterocycles. The Morgan fingerprint density at radius 2 is 2.18 bits per heavy atom. The van der Waals surface area contributed by atoms with Crippen LogP contribution in [-0.2, 0) is 9.84 Å². The normalized spacial score (nSPS) is 23.3. The molecule has 0 saturated carbocycles. The van der Waals surface area contributed by atoms with E-state index in [9.17, 15) is 8.42 Å². The first-order valence-corrected chi connectivity index (χ1v) is 7.84. The fraction of sp³-hybridized carbons (Fsp3) is 0.600. The summed E-state index contributed by atoms with van der Waals surface area (Å²) in [6.45, 7) is 0. The van der Waals surface area contributed by atoms with Crippen LogP contribution < -0.4 is 4.74 Å². The second-order valence-electron chi connectivity index (χ2n) is 3.98. The molecule has 5 nitrogen and oxygen atoms in total. The van der Waals surface area contributed by atoms with Crippen LogP contribution in [0.3, 0.4) is 0 Å². The Balaban J connectivity index is 2.36. The number of nitrogens with zero attached hydrogens (tertiary/aromatic N) is 2. The largest absolute Gasteiger partial charge is 0.479 e. The standard InChI is InChI=1S/C10H13BrN2O3S/c1-16-10-7(11)6-8(12-13-10)9-4-2-3-5-17(9,14)15/h6,9H,2-5H2,1H3. The monoisotopic (exact) mass is 320 g/mol. The maximum Gasteiger partial charge on any atom is 0.247 e. The highest BCUT2D eigenvalue weighted by atomic mass is 79.9. The van der Waals surface area contributed by atoms with Gasteiger partial charge in [-0.05, 0) is 34.8 Å². The zero-order valence-electron chi connectivity index (χ0n) is 9.39. The Morgan fingerprint density at radius 1 is 1.41 bits per heavy atom. The Kier molecular flexibility index (Phi) is 3.67. The van der Waals surface area contributed by atoms with Gasteiger partial charge in [0.05, 0.1) is 23.0 Å². The minimum absolute atomic E-state index is 0.239. The van der Waals surface area contributed by atoms with Crippen molar-refractivity contribution in [1.82, 2.24) is 10.2 Å². The number of hydrogen-bond donors (Lipinski definition) is 0. The van der Waals surface area contributed by atoms with Crippen molar-refractivity contribution < 1.29 is 13.2 Å². The van der Waals surface area contributed by atoms with Crippen LogP contribution in [0.2, 0.25) is 0 Å². The van der Waals surface area contributed by atoms with Crippen LogP contribution in [0, 0.1) is 0 Å². The second-order valence-corrected chi connectivity index (χ2v) is 7.14. The first kappa shape index (κ1) is 12.8. The lowest BCUT2D eigenvalue weighted by molar-refractivity contribution is 0.387. The molecule has 0 aliphatic carbocycles. The lowest BCUT2D eigenvalue weighted by Crippen LogP contribution is -2.22. The lowest BCUT2D eigenvalue weighted by Gasteiger charge is -2.21. The Bertz CT molecular complexity index is 518. The van der Waals surface area contributed by atoms with Gasteiger partial charge in [0.25, 0.3) is 0 Å². The minimum atomic E-state index is -3.08. The Hall–Kier alpha value is -0.690. The molecule has 1 atom stereocenters. The predicted octanol–water partition coefficient (Wildman–Crippen LogP) is 1.89. The molecule has 1 unspecified atom stereocenters. The number of rotatable bonds is 2. The molecule has 0 spiro atoms. The minimum Gasteiger partial charge on any atom is -0.479 e. The molecule has 1 aliphatic rings. The number of hydrogen-bond acceptors (Lipinski definition) is 5. The SMILES string of the molecule is COc1nnc(C2CCCCS2(=O)=O)cc1Br.